The fourth-order valence-electron chi connectivity index (χ4n) is 2.41. The number of hydrogen-bond donors (Lipinski definition) is 4. The van der Waals surface area contributed by atoms with Crippen molar-refractivity contribution in [2.45, 2.75) is 52.6 Å². The largest absolute Gasteiger partial charge is 0.352 e. The average Bonchev–Trinajstić information content (AvgIpc) is 2.77. The highest BCUT2D eigenvalue weighted by molar-refractivity contribution is 8.02. The number of rotatable bonds is 10. The molecule has 0 aliphatic rings. The first kappa shape index (κ1) is 32.2. The zero-order valence-electron chi connectivity index (χ0n) is 19.9. The van der Waals surface area contributed by atoms with E-state index >= 15 is 0 Å². The average molecular weight is 531 g/mol. The van der Waals surface area contributed by atoms with Crippen molar-refractivity contribution in [1.82, 2.24) is 10.6 Å². The molecule has 0 heterocycles. The monoisotopic (exact) mass is 530 g/mol. The molecule has 2 rings (SSSR count). The number of hydrogen-bond acceptors (Lipinski definition) is 6. The summed E-state index contributed by atoms with van der Waals surface area (Å²) in [5.74, 6) is 0.262. The van der Waals surface area contributed by atoms with E-state index in [4.69, 9.17) is 9.11 Å². The Bertz CT molecular complexity index is 988. The van der Waals surface area contributed by atoms with Gasteiger partial charge in [0.05, 0.1) is 0 Å². The standard InChI is InChI=1S/2C11H15NO.CH4O6S2/c2*1-2-6-11(13)12-9-10-7-4-3-5-8-10;2-8(3,4)1-9(5,6)7/h2*3-5,7-8H,2,6,9H2,1H3,(H,12,13);1H2,(H,2,3,4)(H,5,6,7). The second-order valence-electron chi connectivity index (χ2n) is 7.31. The first-order valence-corrected chi connectivity index (χ1v) is 14.1. The Morgan fingerprint density at radius 1 is 0.657 bits per heavy atom. The van der Waals surface area contributed by atoms with Crippen molar-refractivity contribution in [2.24, 2.45) is 0 Å². The lowest BCUT2D eigenvalue weighted by Gasteiger charge is -2.03. The predicted octanol–water partition coefficient (Wildman–Crippen LogP) is 2.93. The first-order chi connectivity index (χ1) is 16.4. The Morgan fingerprint density at radius 3 is 1.20 bits per heavy atom. The van der Waals surface area contributed by atoms with Crippen LogP contribution in [0.5, 0.6) is 0 Å². The Morgan fingerprint density at radius 2 is 0.971 bits per heavy atom. The summed E-state index contributed by atoms with van der Waals surface area (Å²) >= 11 is 0. The van der Waals surface area contributed by atoms with Crippen molar-refractivity contribution in [1.29, 1.82) is 0 Å². The highest BCUT2D eigenvalue weighted by atomic mass is 32.3. The summed E-state index contributed by atoms with van der Waals surface area (Å²) in [5.41, 5.74) is 2.29. The Hall–Kier alpha value is -2.80. The van der Waals surface area contributed by atoms with Gasteiger partial charge in [-0.3, -0.25) is 18.7 Å². The van der Waals surface area contributed by atoms with Crippen molar-refractivity contribution in [3.63, 3.8) is 0 Å². The third-order valence-electron chi connectivity index (χ3n) is 3.92. The van der Waals surface area contributed by atoms with Crippen molar-refractivity contribution in [2.75, 3.05) is 5.08 Å². The number of nitrogens with one attached hydrogen (secondary N) is 2. The molecule has 0 aliphatic heterocycles. The van der Waals surface area contributed by atoms with E-state index in [1.54, 1.807) is 0 Å². The van der Waals surface area contributed by atoms with Gasteiger partial charge < -0.3 is 10.6 Å². The van der Waals surface area contributed by atoms with Crippen molar-refractivity contribution < 1.29 is 35.5 Å². The molecule has 0 unspecified atom stereocenters. The van der Waals surface area contributed by atoms with E-state index in [1.807, 2.05) is 74.5 Å². The molecule has 0 aromatic heterocycles. The number of amides is 2. The molecule has 0 radical (unpaired) electrons. The molecule has 2 aromatic carbocycles. The lowest BCUT2D eigenvalue weighted by molar-refractivity contribution is -0.122. The molecule has 35 heavy (non-hydrogen) atoms. The van der Waals surface area contributed by atoms with Gasteiger partial charge in [-0.2, -0.15) is 16.8 Å². The van der Waals surface area contributed by atoms with Crippen LogP contribution in [0.2, 0.25) is 0 Å². The van der Waals surface area contributed by atoms with Gasteiger partial charge in [-0.1, -0.05) is 74.5 Å². The Labute approximate surface area is 207 Å². The second-order valence-corrected chi connectivity index (χ2v) is 10.6. The van der Waals surface area contributed by atoms with Crippen LogP contribution >= 0.6 is 0 Å². The summed E-state index contributed by atoms with van der Waals surface area (Å²) < 4.78 is 54.2. The van der Waals surface area contributed by atoms with E-state index in [0.717, 1.165) is 24.0 Å². The van der Waals surface area contributed by atoms with Crippen molar-refractivity contribution >= 4 is 32.1 Å². The maximum Gasteiger partial charge on any atom is 0.281 e. The summed E-state index contributed by atoms with van der Waals surface area (Å²) in [7, 11) is -9.24. The van der Waals surface area contributed by atoms with Crippen LogP contribution in [0.15, 0.2) is 60.7 Å². The molecular weight excluding hydrogens is 496 g/mol. The second kappa shape index (κ2) is 17.6. The lowest BCUT2D eigenvalue weighted by atomic mass is 10.2. The van der Waals surface area contributed by atoms with Crippen molar-refractivity contribution in [3.05, 3.63) is 71.8 Å². The van der Waals surface area contributed by atoms with Gasteiger partial charge in [-0.15, -0.1) is 0 Å². The van der Waals surface area contributed by atoms with Gasteiger partial charge in [0, 0.05) is 25.9 Å². The molecule has 12 heteroatoms. The summed E-state index contributed by atoms with van der Waals surface area (Å²) in [6.45, 7) is 5.28. The molecular formula is C23H34N2O8S2. The Balaban J connectivity index is 0.000000506. The molecule has 2 amide bonds. The molecule has 0 atom stereocenters. The lowest BCUT2D eigenvalue weighted by Crippen LogP contribution is -2.21. The molecule has 0 bridgehead atoms. The van der Waals surface area contributed by atoms with E-state index in [9.17, 15) is 26.4 Å². The van der Waals surface area contributed by atoms with E-state index in [1.165, 1.54) is 0 Å². The minimum Gasteiger partial charge on any atom is -0.352 e. The fraction of sp³-hybridized carbons (Fsp3) is 0.391. The molecule has 10 nitrogen and oxygen atoms in total. The topological polar surface area (TPSA) is 167 Å². The van der Waals surface area contributed by atoms with E-state index in [2.05, 4.69) is 10.6 Å². The summed E-state index contributed by atoms with van der Waals surface area (Å²) in [6, 6.07) is 19.9. The van der Waals surface area contributed by atoms with E-state index in [-0.39, 0.29) is 11.8 Å². The normalized spacial score (nSPS) is 10.6. The minimum absolute atomic E-state index is 0.131. The van der Waals surface area contributed by atoms with Gasteiger partial charge in [0.2, 0.25) is 16.9 Å². The van der Waals surface area contributed by atoms with Crippen molar-refractivity contribution in [3.8, 4) is 0 Å². The molecule has 196 valence electrons. The molecule has 2 aromatic rings. The maximum absolute atomic E-state index is 11.1. The smallest absolute Gasteiger partial charge is 0.281 e. The SMILES string of the molecule is CCCC(=O)NCc1ccccc1.CCCC(=O)NCc1ccccc1.O=S(=O)(O)CS(=O)(=O)O. The molecule has 4 N–H and O–H groups in total. The van der Waals surface area contributed by atoms with Crippen LogP contribution in [0, 0.1) is 0 Å². The quantitative estimate of drug-likeness (QED) is 0.340. The molecule has 0 aliphatic carbocycles. The van der Waals surface area contributed by atoms with E-state index in [0.29, 0.717) is 25.9 Å². The third kappa shape index (κ3) is 21.5. The molecule has 0 saturated heterocycles. The number of carbonyl (C=O) groups is 2. The van der Waals surface area contributed by atoms with Gasteiger partial charge >= 0.3 is 0 Å². The zero-order valence-corrected chi connectivity index (χ0v) is 21.5. The third-order valence-corrected chi connectivity index (χ3v) is 6.30. The van der Waals surface area contributed by atoms with Gasteiger partial charge in [0.25, 0.3) is 20.2 Å². The van der Waals surface area contributed by atoms with Crippen LogP contribution in [0.4, 0.5) is 0 Å². The highest BCUT2D eigenvalue weighted by Crippen LogP contribution is 1.98. The number of carbonyl (C=O) groups excluding carboxylic acids is 2. The molecule has 0 spiro atoms. The van der Waals surface area contributed by atoms with Crippen LogP contribution in [0.3, 0.4) is 0 Å². The molecule has 0 fully saturated rings. The number of benzene rings is 2. The van der Waals surface area contributed by atoms with Gasteiger partial charge in [0.1, 0.15) is 0 Å². The molecule has 0 saturated carbocycles. The van der Waals surface area contributed by atoms with Crippen LogP contribution in [0.1, 0.15) is 50.7 Å². The van der Waals surface area contributed by atoms with Crippen LogP contribution < -0.4 is 10.6 Å². The summed E-state index contributed by atoms with van der Waals surface area (Å²) in [6.07, 6.45) is 3.04. The van der Waals surface area contributed by atoms with E-state index < -0.39 is 25.3 Å². The Kier molecular flexibility index (Phi) is 16.2. The summed E-state index contributed by atoms with van der Waals surface area (Å²) in [5, 5.41) is 4.07. The fourth-order valence-corrected chi connectivity index (χ4v) is 3.92. The van der Waals surface area contributed by atoms with Gasteiger partial charge in [-0.05, 0) is 24.0 Å². The zero-order chi connectivity index (χ0) is 26.7. The highest BCUT2D eigenvalue weighted by Gasteiger charge is 2.15. The van der Waals surface area contributed by atoms with Gasteiger partial charge in [0.15, 0.2) is 0 Å². The first-order valence-electron chi connectivity index (χ1n) is 10.9. The van der Waals surface area contributed by atoms with Crippen LogP contribution in [0.25, 0.3) is 0 Å². The summed E-state index contributed by atoms with van der Waals surface area (Å²) in [4.78, 5) is 22.2. The predicted molar refractivity (Wildman–Crippen MR) is 134 cm³/mol. The maximum atomic E-state index is 11.1. The van der Waals surface area contributed by atoms with Gasteiger partial charge in [-0.25, -0.2) is 0 Å². The van der Waals surface area contributed by atoms with Crippen LogP contribution in [-0.4, -0.2) is 42.8 Å². The minimum atomic E-state index is -4.62. The van der Waals surface area contributed by atoms with Crippen LogP contribution in [-0.2, 0) is 42.9 Å².